The number of halogens is 2. The first-order chi connectivity index (χ1) is 18.1. The van der Waals surface area contributed by atoms with Crippen molar-refractivity contribution in [1.29, 1.82) is 0 Å². The molecular formula is C27H24ClFN4O5. The Labute approximate surface area is 221 Å². The lowest BCUT2D eigenvalue weighted by molar-refractivity contribution is 0.0696. The van der Waals surface area contributed by atoms with E-state index in [-0.39, 0.29) is 41.8 Å². The van der Waals surface area contributed by atoms with Crippen LogP contribution in [0.1, 0.15) is 35.3 Å². The second-order valence-electron chi connectivity index (χ2n) is 8.73. The van der Waals surface area contributed by atoms with E-state index in [4.69, 9.17) is 16.3 Å². The molecule has 0 fully saturated rings. The topological polar surface area (TPSA) is 119 Å². The maximum Gasteiger partial charge on any atom is 0.335 e. The first kappa shape index (κ1) is 26.6. The average molecular weight is 539 g/mol. The van der Waals surface area contributed by atoms with Gasteiger partial charge in [0.1, 0.15) is 0 Å². The van der Waals surface area contributed by atoms with Gasteiger partial charge in [0.2, 0.25) is 5.62 Å². The number of H-pyrrole nitrogens is 1. The molecule has 3 aromatic carbocycles. The molecule has 4 rings (SSSR count). The molecule has 0 saturated heterocycles. The van der Waals surface area contributed by atoms with Crippen molar-refractivity contribution >= 4 is 23.3 Å². The largest absolute Gasteiger partial charge is 0.488 e. The zero-order chi connectivity index (χ0) is 27.4. The molecule has 0 bridgehead atoms. The van der Waals surface area contributed by atoms with Gasteiger partial charge in [0.05, 0.1) is 30.4 Å². The van der Waals surface area contributed by atoms with Crippen molar-refractivity contribution in [3.05, 3.63) is 121 Å². The fourth-order valence-corrected chi connectivity index (χ4v) is 3.84. The molecule has 9 nitrogen and oxygen atoms in total. The summed E-state index contributed by atoms with van der Waals surface area (Å²) in [5.41, 5.74) is -0.216. The van der Waals surface area contributed by atoms with E-state index in [1.165, 1.54) is 34.9 Å². The highest BCUT2D eigenvalue weighted by molar-refractivity contribution is 6.30. The Morgan fingerprint density at radius 3 is 2.39 bits per heavy atom. The molecule has 38 heavy (non-hydrogen) atoms. The molecule has 0 aliphatic carbocycles. The van der Waals surface area contributed by atoms with Crippen LogP contribution in [0.15, 0.2) is 81.3 Å². The Morgan fingerprint density at radius 1 is 1.03 bits per heavy atom. The molecule has 0 aliphatic rings. The first-order valence-corrected chi connectivity index (χ1v) is 12.0. The van der Waals surface area contributed by atoms with E-state index in [0.29, 0.717) is 16.1 Å². The molecule has 0 radical (unpaired) electrons. The van der Waals surface area contributed by atoms with E-state index in [2.05, 4.69) is 9.98 Å². The summed E-state index contributed by atoms with van der Waals surface area (Å²) >= 11 is 5.99. The van der Waals surface area contributed by atoms with E-state index in [9.17, 15) is 23.9 Å². The Kier molecular flexibility index (Phi) is 7.92. The van der Waals surface area contributed by atoms with Crippen LogP contribution in [0.25, 0.3) is 0 Å². The van der Waals surface area contributed by atoms with Gasteiger partial charge in [-0.25, -0.2) is 28.3 Å². The van der Waals surface area contributed by atoms with Gasteiger partial charge in [0, 0.05) is 11.1 Å². The van der Waals surface area contributed by atoms with E-state index >= 15 is 0 Å². The van der Waals surface area contributed by atoms with Crippen LogP contribution in [0.5, 0.6) is 5.75 Å². The smallest absolute Gasteiger partial charge is 0.335 e. The standard InChI is InChI=1S/C27H24ClFN4O5/c1-16(2)38-23-11-10-21(13-22(23)29)30-25-31-26(36)33(15-18-4-3-5-19(12-18)24(34)35)27(37)32(25)14-17-6-8-20(28)9-7-17/h3-13,16H,14-15H2,1-2H3,(H,34,35)(H,30,31,36). The van der Waals surface area contributed by atoms with E-state index < -0.39 is 23.2 Å². The number of ether oxygens (including phenoxy) is 1. The average Bonchev–Trinajstić information content (AvgIpc) is 2.87. The predicted molar refractivity (Wildman–Crippen MR) is 140 cm³/mol. The van der Waals surface area contributed by atoms with Crippen molar-refractivity contribution in [2.24, 2.45) is 4.99 Å². The van der Waals surface area contributed by atoms with E-state index in [0.717, 1.165) is 10.6 Å². The van der Waals surface area contributed by atoms with Crippen molar-refractivity contribution < 1.29 is 19.0 Å². The number of nitrogens with zero attached hydrogens (tertiary/aromatic N) is 3. The number of carboxylic acids is 1. The molecule has 11 heteroatoms. The highest BCUT2D eigenvalue weighted by Crippen LogP contribution is 2.23. The van der Waals surface area contributed by atoms with Gasteiger partial charge < -0.3 is 9.84 Å². The summed E-state index contributed by atoms with van der Waals surface area (Å²) in [5, 5.41) is 9.79. The highest BCUT2D eigenvalue weighted by atomic mass is 35.5. The van der Waals surface area contributed by atoms with Crippen molar-refractivity contribution in [1.82, 2.24) is 14.1 Å². The maximum atomic E-state index is 14.6. The van der Waals surface area contributed by atoms with Crippen LogP contribution in [-0.4, -0.2) is 31.3 Å². The summed E-state index contributed by atoms with van der Waals surface area (Å²) in [6.07, 6.45) is -0.228. The number of aromatic amines is 1. The van der Waals surface area contributed by atoms with Gasteiger partial charge in [0.15, 0.2) is 11.6 Å². The zero-order valence-corrected chi connectivity index (χ0v) is 21.3. The van der Waals surface area contributed by atoms with Gasteiger partial charge >= 0.3 is 17.3 Å². The second kappa shape index (κ2) is 11.3. The molecule has 0 saturated carbocycles. The van der Waals surface area contributed by atoms with Gasteiger partial charge in [0.25, 0.3) is 0 Å². The van der Waals surface area contributed by atoms with Crippen LogP contribution in [0.2, 0.25) is 5.02 Å². The number of carbonyl (C=O) groups is 1. The zero-order valence-electron chi connectivity index (χ0n) is 20.5. The minimum absolute atomic E-state index is 0.0256. The van der Waals surface area contributed by atoms with Crippen molar-refractivity contribution in [2.75, 3.05) is 0 Å². The predicted octanol–water partition coefficient (Wildman–Crippen LogP) is 3.95. The fraction of sp³-hybridized carbons (Fsp3) is 0.185. The molecule has 0 spiro atoms. The summed E-state index contributed by atoms with van der Waals surface area (Å²) in [4.78, 5) is 44.8. The summed E-state index contributed by atoms with van der Waals surface area (Å²) in [5.74, 6) is -1.71. The molecule has 4 aromatic rings. The van der Waals surface area contributed by atoms with Crippen molar-refractivity contribution in [3.8, 4) is 5.75 Å². The number of aromatic nitrogens is 3. The number of benzene rings is 3. The molecule has 0 unspecified atom stereocenters. The lowest BCUT2D eigenvalue weighted by atomic mass is 10.1. The Balaban J connectivity index is 1.84. The minimum atomic E-state index is -1.13. The van der Waals surface area contributed by atoms with Crippen LogP contribution in [0.4, 0.5) is 10.1 Å². The van der Waals surface area contributed by atoms with Crippen LogP contribution in [0, 0.1) is 5.82 Å². The molecule has 0 aliphatic heterocycles. The number of nitrogens with one attached hydrogen (secondary N) is 1. The SMILES string of the molecule is CC(C)Oc1ccc(/N=c2\[nH]c(=O)n(Cc3cccc(C(=O)O)c3)c(=O)n2Cc2ccc(Cl)cc2)cc1F. The van der Waals surface area contributed by atoms with E-state index in [1.54, 1.807) is 44.2 Å². The molecule has 0 atom stereocenters. The number of aromatic carboxylic acids is 1. The maximum absolute atomic E-state index is 14.6. The lowest BCUT2D eigenvalue weighted by Crippen LogP contribution is -2.50. The van der Waals surface area contributed by atoms with Crippen LogP contribution in [0.3, 0.4) is 0 Å². The Hall–Kier alpha value is -4.44. The number of rotatable bonds is 8. The van der Waals surface area contributed by atoms with Crippen LogP contribution in [-0.2, 0) is 13.1 Å². The number of hydrogen-bond acceptors (Lipinski definition) is 5. The molecule has 2 N–H and O–H groups in total. The van der Waals surface area contributed by atoms with Crippen molar-refractivity contribution in [2.45, 2.75) is 33.0 Å². The third-order valence-corrected chi connectivity index (χ3v) is 5.72. The molecule has 1 heterocycles. The van der Waals surface area contributed by atoms with Gasteiger partial charge in [-0.05, 0) is 61.4 Å². The van der Waals surface area contributed by atoms with Crippen LogP contribution >= 0.6 is 11.6 Å². The molecule has 0 amide bonds. The summed E-state index contributed by atoms with van der Waals surface area (Å²) < 4.78 is 22.2. The third kappa shape index (κ3) is 6.27. The van der Waals surface area contributed by atoms with E-state index in [1.807, 2.05) is 0 Å². The minimum Gasteiger partial charge on any atom is -0.488 e. The van der Waals surface area contributed by atoms with Gasteiger partial charge in [-0.1, -0.05) is 35.9 Å². The molecule has 196 valence electrons. The summed E-state index contributed by atoms with van der Waals surface area (Å²) in [6, 6.07) is 16.8. The first-order valence-electron chi connectivity index (χ1n) is 11.6. The van der Waals surface area contributed by atoms with Gasteiger partial charge in [-0.15, -0.1) is 0 Å². The lowest BCUT2D eigenvalue weighted by Gasteiger charge is -2.12. The second-order valence-corrected chi connectivity index (χ2v) is 9.17. The van der Waals surface area contributed by atoms with Crippen molar-refractivity contribution in [3.63, 3.8) is 0 Å². The third-order valence-electron chi connectivity index (χ3n) is 5.46. The fourth-order valence-electron chi connectivity index (χ4n) is 3.71. The number of carboxylic acid groups (broad SMARTS) is 1. The number of hydrogen-bond donors (Lipinski definition) is 2. The van der Waals surface area contributed by atoms with Gasteiger partial charge in [-0.3, -0.25) is 9.55 Å². The Bertz CT molecular complexity index is 1670. The molecule has 1 aromatic heterocycles. The summed E-state index contributed by atoms with van der Waals surface area (Å²) in [6.45, 7) is 3.40. The van der Waals surface area contributed by atoms with Crippen LogP contribution < -0.4 is 21.7 Å². The normalized spacial score (nSPS) is 11.7. The van der Waals surface area contributed by atoms with Gasteiger partial charge in [-0.2, -0.15) is 0 Å². The summed E-state index contributed by atoms with van der Waals surface area (Å²) in [7, 11) is 0. The quantitative estimate of drug-likeness (QED) is 0.352. The highest BCUT2D eigenvalue weighted by Gasteiger charge is 2.13. The molecular weight excluding hydrogens is 515 g/mol. The monoisotopic (exact) mass is 538 g/mol. The Morgan fingerprint density at radius 2 is 1.74 bits per heavy atom.